The van der Waals surface area contributed by atoms with E-state index in [2.05, 4.69) is 4.18 Å². The summed E-state index contributed by atoms with van der Waals surface area (Å²) in [5.74, 6) is -0.152. The lowest BCUT2D eigenvalue weighted by Gasteiger charge is -2.26. The fraction of sp³-hybridized carbons (Fsp3) is 0.917. The molecule has 0 aromatic heterocycles. The lowest BCUT2D eigenvalue weighted by molar-refractivity contribution is 0.0217. The first-order chi connectivity index (χ1) is 8.62. The van der Waals surface area contributed by atoms with Gasteiger partial charge in [-0.3, -0.25) is 0 Å². The zero-order chi connectivity index (χ0) is 14.7. The standard InChI is InChI=1S/C12H23NO5S/c1-12(2,3)17-11(14)18-19(15,16)10(13)9-7-5-4-6-8-9/h9-10H,4-8,13H2,1-3H3. The molecule has 0 amide bonds. The first-order valence-electron chi connectivity index (χ1n) is 6.54. The SMILES string of the molecule is CC(C)(C)OC(=O)OS(=O)(=O)C(N)C1CCCCC1. The van der Waals surface area contributed by atoms with Crippen molar-refractivity contribution in [1.29, 1.82) is 0 Å². The lowest BCUT2D eigenvalue weighted by atomic mass is 9.89. The van der Waals surface area contributed by atoms with Gasteiger partial charge in [-0.1, -0.05) is 19.3 Å². The maximum absolute atomic E-state index is 11.9. The van der Waals surface area contributed by atoms with E-state index in [0.29, 0.717) is 0 Å². The normalized spacial score (nSPS) is 19.8. The van der Waals surface area contributed by atoms with Crippen molar-refractivity contribution in [1.82, 2.24) is 0 Å². The van der Waals surface area contributed by atoms with Gasteiger partial charge >= 0.3 is 16.3 Å². The molecule has 0 spiro atoms. The van der Waals surface area contributed by atoms with Crippen molar-refractivity contribution in [2.45, 2.75) is 63.9 Å². The van der Waals surface area contributed by atoms with E-state index < -0.39 is 27.2 Å². The summed E-state index contributed by atoms with van der Waals surface area (Å²) in [5.41, 5.74) is 4.91. The fourth-order valence-corrected chi connectivity index (χ4v) is 3.19. The van der Waals surface area contributed by atoms with E-state index >= 15 is 0 Å². The lowest BCUT2D eigenvalue weighted by Crippen LogP contribution is -2.41. The molecule has 1 rings (SSSR count). The molecule has 0 aromatic carbocycles. The second kappa shape index (κ2) is 6.09. The third kappa shape index (κ3) is 5.36. The summed E-state index contributed by atoms with van der Waals surface area (Å²) in [6, 6.07) is 0. The van der Waals surface area contributed by atoms with Gasteiger partial charge in [0.25, 0.3) is 0 Å². The number of hydrogen-bond acceptors (Lipinski definition) is 6. The van der Waals surface area contributed by atoms with Gasteiger partial charge in [-0.25, -0.2) is 4.79 Å². The summed E-state index contributed by atoms with van der Waals surface area (Å²) in [4.78, 5) is 11.4. The van der Waals surface area contributed by atoms with Gasteiger partial charge in [-0.15, -0.1) is 0 Å². The highest BCUT2D eigenvalue weighted by Crippen LogP contribution is 2.28. The second-order valence-electron chi connectivity index (χ2n) is 5.90. The molecule has 0 bridgehead atoms. The van der Waals surface area contributed by atoms with E-state index in [9.17, 15) is 13.2 Å². The van der Waals surface area contributed by atoms with Gasteiger partial charge in [0.2, 0.25) is 0 Å². The molecule has 1 saturated carbocycles. The highest BCUT2D eigenvalue weighted by atomic mass is 32.2. The van der Waals surface area contributed by atoms with Crippen LogP contribution in [0.5, 0.6) is 0 Å². The summed E-state index contributed by atoms with van der Waals surface area (Å²) in [5, 5.41) is -1.17. The molecule has 112 valence electrons. The smallest absolute Gasteiger partial charge is 0.428 e. The van der Waals surface area contributed by atoms with Crippen molar-refractivity contribution in [3.63, 3.8) is 0 Å². The van der Waals surface area contributed by atoms with Crippen molar-refractivity contribution in [3.05, 3.63) is 0 Å². The number of carbonyl (C=O) groups is 1. The summed E-state index contributed by atoms with van der Waals surface area (Å²) in [7, 11) is -4.13. The van der Waals surface area contributed by atoms with Gasteiger partial charge in [0, 0.05) is 0 Å². The van der Waals surface area contributed by atoms with Gasteiger partial charge in [0.15, 0.2) is 0 Å². The minimum absolute atomic E-state index is 0.152. The number of nitrogens with two attached hydrogens (primary N) is 1. The second-order valence-corrected chi connectivity index (χ2v) is 7.60. The quantitative estimate of drug-likeness (QED) is 0.632. The molecule has 1 aliphatic carbocycles. The topological polar surface area (TPSA) is 95.7 Å². The Morgan fingerprint density at radius 1 is 1.21 bits per heavy atom. The van der Waals surface area contributed by atoms with E-state index in [4.69, 9.17) is 10.5 Å². The Kier molecular flexibility index (Phi) is 5.20. The molecular formula is C12H23NO5S. The molecule has 0 saturated heterocycles. The van der Waals surface area contributed by atoms with Crippen LogP contribution in [0.15, 0.2) is 0 Å². The van der Waals surface area contributed by atoms with Crippen LogP contribution in [0.4, 0.5) is 4.79 Å². The third-order valence-electron chi connectivity index (χ3n) is 3.02. The zero-order valence-corrected chi connectivity index (χ0v) is 12.5. The summed E-state index contributed by atoms with van der Waals surface area (Å²) < 4.78 is 33.0. The van der Waals surface area contributed by atoms with Crippen LogP contribution in [0.25, 0.3) is 0 Å². The summed E-state index contributed by atoms with van der Waals surface area (Å²) in [6.07, 6.45) is 3.28. The molecule has 6 nitrogen and oxygen atoms in total. The first-order valence-corrected chi connectivity index (χ1v) is 8.01. The van der Waals surface area contributed by atoms with Crippen LogP contribution in [0.1, 0.15) is 52.9 Å². The number of carbonyl (C=O) groups excluding carboxylic acids is 1. The molecule has 1 aliphatic rings. The molecule has 19 heavy (non-hydrogen) atoms. The van der Waals surface area contributed by atoms with Crippen LogP contribution in [-0.4, -0.2) is 25.5 Å². The highest BCUT2D eigenvalue weighted by Gasteiger charge is 2.35. The minimum atomic E-state index is -4.13. The van der Waals surface area contributed by atoms with Crippen LogP contribution in [0, 0.1) is 5.92 Å². The van der Waals surface area contributed by atoms with E-state index in [1.165, 1.54) is 0 Å². The summed E-state index contributed by atoms with van der Waals surface area (Å²) >= 11 is 0. The molecule has 0 aromatic rings. The molecule has 7 heteroatoms. The predicted molar refractivity (Wildman–Crippen MR) is 70.8 cm³/mol. The van der Waals surface area contributed by atoms with Crippen molar-refractivity contribution >= 4 is 16.3 Å². The molecule has 0 heterocycles. The first kappa shape index (κ1) is 16.2. The maximum atomic E-state index is 11.9. The number of hydrogen-bond donors (Lipinski definition) is 1. The molecule has 1 atom stereocenters. The molecule has 1 unspecified atom stereocenters. The largest absolute Gasteiger partial charge is 0.524 e. The Morgan fingerprint density at radius 3 is 2.21 bits per heavy atom. The average Bonchev–Trinajstić information content (AvgIpc) is 2.25. The van der Waals surface area contributed by atoms with Crippen LogP contribution in [0.3, 0.4) is 0 Å². The van der Waals surface area contributed by atoms with Gasteiger partial charge in [0.05, 0.1) is 0 Å². The van der Waals surface area contributed by atoms with Crippen LogP contribution >= 0.6 is 0 Å². The number of rotatable bonds is 3. The zero-order valence-electron chi connectivity index (χ0n) is 11.7. The Hall–Kier alpha value is -0.820. The summed E-state index contributed by atoms with van der Waals surface area (Å²) in [6.45, 7) is 4.88. The molecule has 2 N–H and O–H groups in total. The van der Waals surface area contributed by atoms with Crippen LogP contribution in [0.2, 0.25) is 0 Å². The fourth-order valence-electron chi connectivity index (χ4n) is 2.12. The minimum Gasteiger partial charge on any atom is -0.428 e. The van der Waals surface area contributed by atoms with E-state index in [-0.39, 0.29) is 5.92 Å². The Labute approximate surface area is 114 Å². The molecule has 0 radical (unpaired) electrons. The van der Waals surface area contributed by atoms with E-state index in [0.717, 1.165) is 32.1 Å². The van der Waals surface area contributed by atoms with Gasteiger partial charge in [0.1, 0.15) is 11.0 Å². The van der Waals surface area contributed by atoms with Crippen molar-refractivity contribution in [3.8, 4) is 0 Å². The Balaban J connectivity index is 2.61. The Bertz CT molecular complexity index is 406. The van der Waals surface area contributed by atoms with Gasteiger partial charge in [-0.2, -0.15) is 8.42 Å². The van der Waals surface area contributed by atoms with Crippen molar-refractivity contribution in [2.75, 3.05) is 0 Å². The van der Waals surface area contributed by atoms with Gasteiger partial charge < -0.3 is 14.7 Å². The van der Waals surface area contributed by atoms with E-state index in [1.807, 2.05) is 0 Å². The van der Waals surface area contributed by atoms with Crippen molar-refractivity contribution < 1.29 is 22.1 Å². The highest BCUT2D eigenvalue weighted by molar-refractivity contribution is 7.87. The van der Waals surface area contributed by atoms with Crippen molar-refractivity contribution in [2.24, 2.45) is 11.7 Å². The van der Waals surface area contributed by atoms with Crippen LogP contribution in [-0.2, 0) is 19.0 Å². The Morgan fingerprint density at radius 2 is 1.74 bits per heavy atom. The molecule has 1 fully saturated rings. The van der Waals surface area contributed by atoms with Gasteiger partial charge in [-0.05, 0) is 39.5 Å². The predicted octanol–water partition coefficient (Wildman–Crippen LogP) is 2.13. The number of ether oxygens (including phenoxy) is 1. The van der Waals surface area contributed by atoms with Crippen LogP contribution < -0.4 is 5.73 Å². The monoisotopic (exact) mass is 293 g/mol. The van der Waals surface area contributed by atoms with E-state index in [1.54, 1.807) is 20.8 Å². The average molecular weight is 293 g/mol. The maximum Gasteiger partial charge on any atom is 0.524 e. The molecular weight excluding hydrogens is 270 g/mol. The third-order valence-corrected chi connectivity index (χ3v) is 4.44. The molecule has 0 aliphatic heterocycles.